The predicted molar refractivity (Wildman–Crippen MR) is 96.4 cm³/mol. The lowest BCUT2D eigenvalue weighted by atomic mass is 9.85. The van der Waals surface area contributed by atoms with Crippen LogP contribution in [0.1, 0.15) is 43.2 Å². The highest BCUT2D eigenvalue weighted by atomic mass is 79.9. The van der Waals surface area contributed by atoms with Crippen LogP contribution in [0, 0.1) is 0 Å². The molecule has 1 nitrogen and oxygen atoms in total. The molecule has 0 unspecified atom stereocenters. The molecule has 0 radical (unpaired) electrons. The predicted octanol–water partition coefficient (Wildman–Crippen LogP) is 6.57. The smallest absolute Gasteiger partial charge is 0.134 e. The summed E-state index contributed by atoms with van der Waals surface area (Å²) in [6.07, 6.45) is 6.10. The van der Waals surface area contributed by atoms with Crippen LogP contribution in [-0.4, -0.2) is 5.11 Å². The molecule has 0 aromatic heterocycles. The second-order valence-corrected chi connectivity index (χ2v) is 7.04. The lowest BCUT2D eigenvalue weighted by Gasteiger charge is -2.20. The van der Waals surface area contributed by atoms with E-state index in [1.165, 1.54) is 36.0 Å². The zero-order valence-corrected chi connectivity index (χ0v) is 14.6. The van der Waals surface area contributed by atoms with E-state index in [9.17, 15) is 5.11 Å². The topological polar surface area (TPSA) is 20.2 Å². The molecule has 0 atom stereocenters. The molecule has 1 fully saturated rings. The highest BCUT2D eigenvalue weighted by Crippen LogP contribution is 2.37. The fraction of sp³-hybridized carbons (Fsp3) is 0.263. The van der Waals surface area contributed by atoms with E-state index in [1.54, 1.807) is 6.07 Å². The van der Waals surface area contributed by atoms with Crippen LogP contribution in [-0.2, 0) is 0 Å². The van der Waals surface area contributed by atoms with Gasteiger partial charge < -0.3 is 5.11 Å². The quantitative estimate of drug-likeness (QED) is 0.627. The van der Waals surface area contributed by atoms with Gasteiger partial charge >= 0.3 is 0 Å². The second-order valence-electron chi connectivity index (χ2n) is 5.71. The van der Waals surface area contributed by atoms with Gasteiger partial charge in [0.15, 0.2) is 0 Å². The van der Waals surface area contributed by atoms with Crippen molar-refractivity contribution in [2.75, 3.05) is 0 Å². The largest absolute Gasteiger partial charge is 0.506 e. The summed E-state index contributed by atoms with van der Waals surface area (Å²) < 4.78 is 1.08. The second kappa shape index (κ2) is 6.89. The Bertz CT molecular complexity index is 696. The van der Waals surface area contributed by atoms with E-state index in [-0.39, 0.29) is 5.75 Å². The van der Waals surface area contributed by atoms with Crippen LogP contribution in [0.4, 0.5) is 0 Å². The molecule has 0 bridgehead atoms. The summed E-state index contributed by atoms with van der Waals surface area (Å²) in [6, 6.07) is 13.9. The molecule has 0 amide bonds. The van der Waals surface area contributed by atoms with Crippen molar-refractivity contribution < 1.29 is 5.11 Å². The molecule has 114 valence electrons. The summed E-state index contributed by atoms with van der Waals surface area (Å²) in [5.41, 5.74) is 5.06. The molecule has 1 N–H and O–H groups in total. The summed E-state index contributed by atoms with van der Waals surface area (Å²) in [6.45, 7) is 0. The zero-order valence-electron chi connectivity index (χ0n) is 12.3. The number of rotatable bonds is 2. The van der Waals surface area contributed by atoms with Crippen molar-refractivity contribution in [3.8, 4) is 5.75 Å². The maximum atomic E-state index is 9.69. The Hall–Kier alpha value is -1.25. The molecular formula is C19H18BrClO. The third-order valence-electron chi connectivity index (χ3n) is 4.18. The molecular weight excluding hydrogens is 360 g/mol. The van der Waals surface area contributed by atoms with Gasteiger partial charge in [-0.25, -0.2) is 0 Å². The van der Waals surface area contributed by atoms with E-state index in [2.05, 4.69) is 40.2 Å². The van der Waals surface area contributed by atoms with Crippen molar-refractivity contribution >= 4 is 33.1 Å². The summed E-state index contributed by atoms with van der Waals surface area (Å²) in [5, 5.41) is 10.1. The first kappa shape index (κ1) is 15.6. The summed E-state index contributed by atoms with van der Waals surface area (Å²) in [4.78, 5) is 0. The first-order valence-electron chi connectivity index (χ1n) is 7.62. The first-order chi connectivity index (χ1) is 10.6. The average Bonchev–Trinajstić information content (AvgIpc) is 2.54. The molecule has 2 aromatic carbocycles. The van der Waals surface area contributed by atoms with Crippen molar-refractivity contribution in [3.63, 3.8) is 0 Å². The van der Waals surface area contributed by atoms with E-state index in [0.29, 0.717) is 5.02 Å². The number of hydrogen-bond acceptors (Lipinski definition) is 1. The number of benzene rings is 2. The zero-order chi connectivity index (χ0) is 15.5. The SMILES string of the molecule is Oc1ccc(C(=C2CCCCC2)c2ccc(Br)cc2)cc1Cl. The number of aromatic hydroxyl groups is 1. The molecule has 0 aliphatic heterocycles. The van der Waals surface area contributed by atoms with Crippen LogP contribution in [0.2, 0.25) is 5.02 Å². The average molecular weight is 378 g/mol. The molecule has 3 heteroatoms. The van der Waals surface area contributed by atoms with Gasteiger partial charge in [0.25, 0.3) is 0 Å². The maximum absolute atomic E-state index is 9.69. The molecule has 0 spiro atoms. The third kappa shape index (κ3) is 3.39. The van der Waals surface area contributed by atoms with Gasteiger partial charge in [0.2, 0.25) is 0 Å². The Labute approximate surface area is 144 Å². The highest BCUT2D eigenvalue weighted by Gasteiger charge is 2.16. The van der Waals surface area contributed by atoms with Crippen LogP contribution in [0.25, 0.3) is 5.57 Å². The van der Waals surface area contributed by atoms with Crippen molar-refractivity contribution in [1.82, 2.24) is 0 Å². The standard InChI is InChI=1S/C19H18BrClO/c20-16-9-6-14(7-10-16)19(13-4-2-1-3-5-13)15-8-11-18(22)17(21)12-15/h6-12,22H,1-5H2. The Balaban J connectivity index is 2.13. The van der Waals surface area contributed by atoms with Gasteiger partial charge in [-0.05, 0) is 66.6 Å². The Morgan fingerprint density at radius 2 is 1.55 bits per heavy atom. The van der Waals surface area contributed by atoms with Gasteiger partial charge in [0.1, 0.15) is 5.75 Å². The molecule has 22 heavy (non-hydrogen) atoms. The minimum absolute atomic E-state index is 0.134. The monoisotopic (exact) mass is 376 g/mol. The lowest BCUT2D eigenvalue weighted by Crippen LogP contribution is -2.00. The molecule has 3 rings (SSSR count). The lowest BCUT2D eigenvalue weighted by molar-refractivity contribution is 0.475. The van der Waals surface area contributed by atoms with Crippen LogP contribution in [0.15, 0.2) is 52.5 Å². The van der Waals surface area contributed by atoms with E-state index in [4.69, 9.17) is 11.6 Å². The van der Waals surface area contributed by atoms with E-state index in [1.807, 2.05) is 12.1 Å². The van der Waals surface area contributed by atoms with Crippen LogP contribution < -0.4 is 0 Å². The molecule has 1 aliphatic rings. The number of hydrogen-bond donors (Lipinski definition) is 1. The fourth-order valence-corrected chi connectivity index (χ4v) is 3.53. The summed E-state index contributed by atoms with van der Waals surface area (Å²) >= 11 is 9.63. The van der Waals surface area contributed by atoms with Gasteiger partial charge in [0.05, 0.1) is 5.02 Å². The van der Waals surface area contributed by atoms with Gasteiger partial charge in [-0.3, -0.25) is 0 Å². The van der Waals surface area contributed by atoms with Crippen LogP contribution in [0.5, 0.6) is 5.75 Å². The summed E-state index contributed by atoms with van der Waals surface area (Å²) in [5.74, 6) is 0.134. The van der Waals surface area contributed by atoms with E-state index in [0.717, 1.165) is 22.9 Å². The maximum Gasteiger partial charge on any atom is 0.134 e. The van der Waals surface area contributed by atoms with E-state index < -0.39 is 0 Å². The number of phenols is 1. The molecule has 0 heterocycles. The Kier molecular flexibility index (Phi) is 4.90. The fourth-order valence-electron chi connectivity index (χ4n) is 3.08. The number of halogens is 2. The minimum Gasteiger partial charge on any atom is -0.506 e. The number of allylic oxidation sites excluding steroid dienone is 1. The van der Waals surface area contributed by atoms with Crippen molar-refractivity contribution in [2.45, 2.75) is 32.1 Å². The van der Waals surface area contributed by atoms with E-state index >= 15 is 0 Å². The first-order valence-corrected chi connectivity index (χ1v) is 8.79. The van der Waals surface area contributed by atoms with Crippen molar-refractivity contribution in [1.29, 1.82) is 0 Å². The van der Waals surface area contributed by atoms with Gasteiger partial charge in [-0.2, -0.15) is 0 Å². The molecule has 2 aromatic rings. The number of phenolic OH excluding ortho intramolecular Hbond substituents is 1. The molecule has 0 saturated heterocycles. The molecule has 1 saturated carbocycles. The minimum atomic E-state index is 0.134. The van der Waals surface area contributed by atoms with Gasteiger partial charge in [-0.1, -0.05) is 57.7 Å². The normalized spacial score (nSPS) is 14.9. The highest BCUT2D eigenvalue weighted by molar-refractivity contribution is 9.10. The van der Waals surface area contributed by atoms with Gasteiger partial charge in [-0.15, -0.1) is 0 Å². The van der Waals surface area contributed by atoms with Gasteiger partial charge in [0, 0.05) is 4.47 Å². The summed E-state index contributed by atoms with van der Waals surface area (Å²) in [7, 11) is 0. The van der Waals surface area contributed by atoms with Crippen LogP contribution >= 0.6 is 27.5 Å². The van der Waals surface area contributed by atoms with Crippen LogP contribution in [0.3, 0.4) is 0 Å². The molecule has 1 aliphatic carbocycles. The Morgan fingerprint density at radius 1 is 0.909 bits per heavy atom. The Morgan fingerprint density at radius 3 is 2.18 bits per heavy atom. The third-order valence-corrected chi connectivity index (χ3v) is 5.01. The van der Waals surface area contributed by atoms with Crippen molar-refractivity contribution in [3.05, 3.63) is 68.7 Å². The van der Waals surface area contributed by atoms with Crippen molar-refractivity contribution in [2.24, 2.45) is 0 Å².